The van der Waals surface area contributed by atoms with E-state index in [1.54, 1.807) is 49.6 Å². The van der Waals surface area contributed by atoms with Crippen LogP contribution in [0, 0.1) is 0 Å². The van der Waals surface area contributed by atoms with Crippen LogP contribution in [0.3, 0.4) is 0 Å². The predicted molar refractivity (Wildman–Crippen MR) is 154 cm³/mol. The van der Waals surface area contributed by atoms with Gasteiger partial charge in [0.05, 0.1) is 26.6 Å². The second-order valence-corrected chi connectivity index (χ2v) is 9.53. The molecule has 10 heteroatoms. The van der Waals surface area contributed by atoms with Crippen LogP contribution in [-0.2, 0) is 27.2 Å². The van der Waals surface area contributed by atoms with E-state index in [-0.39, 0.29) is 37.7 Å². The number of anilines is 1. The fourth-order valence-corrected chi connectivity index (χ4v) is 4.09. The van der Waals surface area contributed by atoms with Gasteiger partial charge in [-0.3, -0.25) is 14.4 Å². The van der Waals surface area contributed by atoms with Crippen molar-refractivity contribution in [3.05, 3.63) is 88.9 Å². The molecule has 3 aromatic rings. The highest BCUT2D eigenvalue weighted by Gasteiger charge is 2.17. The Balaban J connectivity index is 1.57. The smallest absolute Gasteiger partial charge is 0.303 e. The second kappa shape index (κ2) is 16.0. The zero-order chi connectivity index (χ0) is 28.7. The minimum absolute atomic E-state index is 0.0112. The van der Waals surface area contributed by atoms with E-state index in [1.807, 2.05) is 30.3 Å². The highest BCUT2D eigenvalue weighted by Crippen LogP contribution is 2.18. The molecule has 212 valence electrons. The minimum atomic E-state index is -0.864. The molecular formula is C30H34ClN3O6. The van der Waals surface area contributed by atoms with Crippen LogP contribution in [0.15, 0.2) is 72.8 Å². The Labute approximate surface area is 238 Å². The van der Waals surface area contributed by atoms with Gasteiger partial charge in [0.25, 0.3) is 0 Å². The molecule has 0 fully saturated rings. The number of nitrogens with one attached hydrogen (secondary N) is 3. The van der Waals surface area contributed by atoms with Crippen molar-refractivity contribution < 1.29 is 29.0 Å². The molecule has 0 spiro atoms. The molecule has 0 bridgehead atoms. The molecule has 0 aliphatic rings. The lowest BCUT2D eigenvalue weighted by Gasteiger charge is -2.21. The lowest BCUT2D eigenvalue weighted by molar-refractivity contribution is -0.137. The molecule has 0 radical (unpaired) electrons. The Kier molecular flexibility index (Phi) is 12.1. The zero-order valence-corrected chi connectivity index (χ0v) is 23.1. The maximum absolute atomic E-state index is 12.8. The zero-order valence-electron chi connectivity index (χ0n) is 22.3. The van der Waals surface area contributed by atoms with Crippen LogP contribution < -0.4 is 25.4 Å². The van der Waals surface area contributed by atoms with Crippen molar-refractivity contribution in [1.82, 2.24) is 10.6 Å². The van der Waals surface area contributed by atoms with Crippen LogP contribution in [0.1, 0.15) is 30.4 Å². The van der Waals surface area contributed by atoms with E-state index in [0.29, 0.717) is 35.8 Å². The third kappa shape index (κ3) is 11.2. The first-order valence-electron chi connectivity index (χ1n) is 13.0. The van der Waals surface area contributed by atoms with Gasteiger partial charge in [-0.2, -0.15) is 0 Å². The quantitative estimate of drug-likeness (QED) is 0.149. The Morgan fingerprint density at radius 1 is 0.925 bits per heavy atom. The summed E-state index contributed by atoms with van der Waals surface area (Å²) in [4.78, 5) is 36.2. The molecule has 40 heavy (non-hydrogen) atoms. The first-order valence-corrected chi connectivity index (χ1v) is 13.3. The van der Waals surface area contributed by atoms with Crippen molar-refractivity contribution in [2.24, 2.45) is 0 Å². The minimum Gasteiger partial charge on any atom is -0.497 e. The van der Waals surface area contributed by atoms with Crippen LogP contribution in [0.2, 0.25) is 5.02 Å². The first-order chi connectivity index (χ1) is 19.3. The largest absolute Gasteiger partial charge is 0.497 e. The molecule has 2 amide bonds. The Hall–Kier alpha value is -4.24. The van der Waals surface area contributed by atoms with Crippen molar-refractivity contribution in [3.8, 4) is 11.5 Å². The molecule has 0 aliphatic heterocycles. The first kappa shape index (κ1) is 30.3. The number of ether oxygens (including phenoxy) is 2. The Bertz CT molecular complexity index is 1250. The highest BCUT2D eigenvalue weighted by molar-refractivity contribution is 6.30. The maximum atomic E-state index is 12.8. The third-order valence-corrected chi connectivity index (χ3v) is 6.11. The lowest BCUT2D eigenvalue weighted by Crippen LogP contribution is -2.44. The van der Waals surface area contributed by atoms with Gasteiger partial charge in [0.1, 0.15) is 17.7 Å². The number of carboxylic acid groups (broad SMARTS) is 1. The second-order valence-electron chi connectivity index (χ2n) is 9.09. The van der Waals surface area contributed by atoms with E-state index in [9.17, 15) is 14.4 Å². The lowest BCUT2D eigenvalue weighted by atomic mass is 10.1. The van der Waals surface area contributed by atoms with Gasteiger partial charge in [-0.05, 0) is 72.5 Å². The van der Waals surface area contributed by atoms with Gasteiger partial charge in [-0.25, -0.2) is 0 Å². The van der Waals surface area contributed by atoms with Crippen LogP contribution in [0.25, 0.3) is 0 Å². The molecule has 3 rings (SSSR count). The van der Waals surface area contributed by atoms with E-state index in [2.05, 4.69) is 16.0 Å². The molecular weight excluding hydrogens is 534 g/mol. The summed E-state index contributed by atoms with van der Waals surface area (Å²) in [6.07, 6.45) is 0.554. The number of amides is 2. The van der Waals surface area contributed by atoms with E-state index in [0.717, 1.165) is 16.9 Å². The summed E-state index contributed by atoms with van der Waals surface area (Å²) in [7, 11) is 1.61. The summed E-state index contributed by atoms with van der Waals surface area (Å²) in [6, 6.07) is 21.7. The number of carboxylic acids is 1. The van der Waals surface area contributed by atoms with Crippen LogP contribution >= 0.6 is 11.6 Å². The molecule has 9 nitrogen and oxygen atoms in total. The molecule has 0 saturated heterocycles. The molecule has 0 saturated carbocycles. The van der Waals surface area contributed by atoms with Crippen LogP contribution in [0.4, 0.5) is 5.69 Å². The molecule has 0 heterocycles. The molecule has 1 unspecified atom stereocenters. The molecule has 4 N–H and O–H groups in total. The van der Waals surface area contributed by atoms with Gasteiger partial charge in [0, 0.05) is 23.7 Å². The van der Waals surface area contributed by atoms with Crippen molar-refractivity contribution >= 4 is 35.1 Å². The van der Waals surface area contributed by atoms with Crippen molar-refractivity contribution in [1.29, 1.82) is 0 Å². The number of hydrogen-bond donors (Lipinski definition) is 4. The number of halogens is 1. The average Bonchev–Trinajstić information content (AvgIpc) is 2.92. The van der Waals surface area contributed by atoms with Gasteiger partial charge in [0.15, 0.2) is 0 Å². The molecule has 0 aromatic heterocycles. The van der Waals surface area contributed by atoms with Gasteiger partial charge in [-0.1, -0.05) is 35.9 Å². The number of rotatable bonds is 16. The summed E-state index contributed by atoms with van der Waals surface area (Å²) in [5, 5.41) is 18.3. The van der Waals surface area contributed by atoms with Crippen LogP contribution in [0.5, 0.6) is 11.5 Å². The number of methoxy groups -OCH3 is 1. The summed E-state index contributed by atoms with van der Waals surface area (Å²) in [5.74, 6) is 0.0229. The number of hydrogen-bond acceptors (Lipinski definition) is 6. The Morgan fingerprint density at radius 3 is 2.33 bits per heavy atom. The fourth-order valence-electron chi connectivity index (χ4n) is 3.87. The maximum Gasteiger partial charge on any atom is 0.303 e. The normalized spacial score (nSPS) is 11.2. The third-order valence-electron chi connectivity index (χ3n) is 5.87. The van der Waals surface area contributed by atoms with Crippen molar-refractivity contribution in [2.45, 2.75) is 38.3 Å². The standard InChI is InChI=1S/C30H34ClN3O6/c1-39-25-11-7-21(8-12-25)15-16-32-28(35)20-27(34-29(36)19-22-4-2-5-23(31)18-22)33-24-9-13-26(14-10-24)40-17-3-6-30(37)38/h2,4-5,7-14,18,27,33H,3,6,15-17,19-20H2,1H3,(H,32,35)(H,34,36)(H,37,38). The van der Waals surface area contributed by atoms with Gasteiger partial charge < -0.3 is 30.5 Å². The van der Waals surface area contributed by atoms with E-state index in [1.165, 1.54) is 0 Å². The van der Waals surface area contributed by atoms with Crippen molar-refractivity contribution in [3.63, 3.8) is 0 Å². The number of carbonyl (C=O) groups is 3. The predicted octanol–water partition coefficient (Wildman–Crippen LogP) is 4.44. The van der Waals surface area contributed by atoms with Crippen LogP contribution in [-0.4, -0.2) is 49.3 Å². The fraction of sp³-hybridized carbons (Fsp3) is 0.300. The summed E-state index contributed by atoms with van der Waals surface area (Å²) in [6.45, 7) is 0.736. The molecule has 1 atom stereocenters. The highest BCUT2D eigenvalue weighted by atomic mass is 35.5. The summed E-state index contributed by atoms with van der Waals surface area (Å²) in [5.41, 5.74) is 2.50. The summed E-state index contributed by atoms with van der Waals surface area (Å²) < 4.78 is 10.7. The number of benzene rings is 3. The average molecular weight is 568 g/mol. The topological polar surface area (TPSA) is 126 Å². The number of aliphatic carboxylic acids is 1. The summed E-state index contributed by atoms with van der Waals surface area (Å²) >= 11 is 6.05. The van der Waals surface area contributed by atoms with Gasteiger partial charge >= 0.3 is 5.97 Å². The number of carbonyl (C=O) groups excluding carboxylic acids is 2. The van der Waals surface area contributed by atoms with E-state index in [4.69, 9.17) is 26.2 Å². The van der Waals surface area contributed by atoms with Gasteiger partial charge in [-0.15, -0.1) is 0 Å². The molecule has 3 aromatic carbocycles. The van der Waals surface area contributed by atoms with Gasteiger partial charge in [0.2, 0.25) is 11.8 Å². The van der Waals surface area contributed by atoms with E-state index >= 15 is 0 Å². The monoisotopic (exact) mass is 567 g/mol. The van der Waals surface area contributed by atoms with Crippen molar-refractivity contribution in [2.75, 3.05) is 25.6 Å². The SMILES string of the molecule is COc1ccc(CCNC(=O)CC(NC(=O)Cc2cccc(Cl)c2)Nc2ccc(OCCCC(=O)O)cc2)cc1. The van der Waals surface area contributed by atoms with E-state index < -0.39 is 12.1 Å². The Morgan fingerprint density at radius 2 is 1.65 bits per heavy atom. The molecule has 0 aliphatic carbocycles.